The molecule has 2 aromatic carbocycles. The largest absolute Gasteiger partial charge is 0.394 e. The molecule has 192 valence electrons. The Kier molecular flexibility index (Phi) is 10.5. The highest BCUT2D eigenvalue weighted by molar-refractivity contribution is 6.41. The Balaban J connectivity index is 1.60. The quantitative estimate of drug-likeness (QED) is 0.216. The first-order valence-electron chi connectivity index (χ1n) is 10.8. The van der Waals surface area contributed by atoms with Gasteiger partial charge in [0.15, 0.2) is 17.3 Å². The van der Waals surface area contributed by atoms with Gasteiger partial charge in [-0.05, 0) is 42.0 Å². The molecule has 0 saturated carbocycles. The van der Waals surface area contributed by atoms with Gasteiger partial charge in [0.2, 0.25) is 0 Å². The molecule has 0 spiro atoms. The summed E-state index contributed by atoms with van der Waals surface area (Å²) in [5, 5.41) is 19.9. The van der Waals surface area contributed by atoms with Crippen LogP contribution in [0.2, 0.25) is 15.1 Å². The van der Waals surface area contributed by atoms with E-state index >= 15 is 0 Å². The molecule has 1 amide bonds. The van der Waals surface area contributed by atoms with E-state index in [4.69, 9.17) is 55.1 Å². The number of hydrogen-bond acceptors (Lipinski definition) is 8. The van der Waals surface area contributed by atoms with Gasteiger partial charge in [0.1, 0.15) is 0 Å². The summed E-state index contributed by atoms with van der Waals surface area (Å²) in [6.07, 6.45) is 0. The number of carbonyl (C=O) groups is 2. The molecule has 0 saturated heterocycles. The molecule has 0 atom stereocenters. The number of nitrogens with zero attached hydrogens (tertiary/aromatic N) is 3. The van der Waals surface area contributed by atoms with E-state index in [-0.39, 0.29) is 65.8 Å². The number of benzene rings is 2. The summed E-state index contributed by atoms with van der Waals surface area (Å²) >= 11 is 18.7. The molecule has 1 aromatic heterocycles. The number of ketones is 1. The normalized spacial score (nSPS) is 11.0. The lowest BCUT2D eigenvalue weighted by Crippen LogP contribution is -2.28. The monoisotopic (exact) mass is 555 g/mol. The molecular weight excluding hydrogens is 533 g/mol. The summed E-state index contributed by atoms with van der Waals surface area (Å²) in [7, 11) is 0. The second kappa shape index (κ2) is 13.5. The standard InChI is InChI=1S/C23H24Cl3N5O5/c24-16-3-1-15(2-4-16)21(33)19-17(25)11-14(12-18(19)26)13-31-22(27)20(29-30-31)23(34)28-5-7-35-9-10-36-8-6-32/h1-4,11-12,32H,5-10,13,27H2,(H,28,34). The number of carbonyl (C=O) groups excluding carboxylic acids is 2. The van der Waals surface area contributed by atoms with Crippen LogP contribution in [0.25, 0.3) is 0 Å². The van der Waals surface area contributed by atoms with Gasteiger partial charge < -0.3 is 25.6 Å². The number of aliphatic hydroxyl groups excluding tert-OH is 1. The summed E-state index contributed by atoms with van der Waals surface area (Å²) in [4.78, 5) is 25.2. The van der Waals surface area contributed by atoms with Crippen LogP contribution in [0.5, 0.6) is 0 Å². The summed E-state index contributed by atoms with van der Waals surface area (Å²) < 4.78 is 11.7. The second-order valence-corrected chi connectivity index (χ2v) is 8.71. The maximum Gasteiger partial charge on any atom is 0.275 e. The number of aromatic nitrogens is 3. The van der Waals surface area contributed by atoms with E-state index in [9.17, 15) is 9.59 Å². The fraction of sp³-hybridized carbons (Fsp3) is 0.304. The van der Waals surface area contributed by atoms with E-state index < -0.39 is 5.91 Å². The van der Waals surface area contributed by atoms with Gasteiger partial charge in [-0.25, -0.2) is 4.68 Å². The SMILES string of the molecule is Nc1c(C(=O)NCCOCCOCCO)nnn1Cc1cc(Cl)c(C(=O)c2ccc(Cl)cc2)c(Cl)c1. The first-order chi connectivity index (χ1) is 17.3. The number of nitrogens with two attached hydrogens (primary N) is 1. The Hall–Kier alpha value is -2.73. The first kappa shape index (κ1) is 27.9. The van der Waals surface area contributed by atoms with Crippen molar-refractivity contribution in [3.63, 3.8) is 0 Å². The number of hydrogen-bond donors (Lipinski definition) is 3. The lowest BCUT2D eigenvalue weighted by atomic mass is 10.0. The number of halogens is 3. The zero-order valence-corrected chi connectivity index (χ0v) is 21.3. The van der Waals surface area contributed by atoms with Crippen LogP contribution in [0.4, 0.5) is 5.82 Å². The molecule has 0 aliphatic heterocycles. The molecule has 0 aliphatic rings. The molecule has 0 fully saturated rings. The summed E-state index contributed by atoms with van der Waals surface area (Å²) in [5.74, 6) is -0.785. The van der Waals surface area contributed by atoms with Gasteiger partial charge >= 0.3 is 0 Å². The third-order valence-electron chi connectivity index (χ3n) is 4.90. The van der Waals surface area contributed by atoms with Crippen LogP contribution < -0.4 is 11.1 Å². The molecule has 13 heteroatoms. The average Bonchev–Trinajstić information content (AvgIpc) is 3.20. The number of nitrogen functional groups attached to an aromatic ring is 1. The number of aliphatic hydroxyl groups is 1. The minimum atomic E-state index is -0.501. The fourth-order valence-corrected chi connectivity index (χ4v) is 3.99. The van der Waals surface area contributed by atoms with Gasteiger partial charge in [-0.15, -0.1) is 5.10 Å². The molecule has 1 heterocycles. The fourth-order valence-electron chi connectivity index (χ4n) is 3.16. The Bertz CT molecular complexity index is 1180. The Morgan fingerprint density at radius 3 is 2.28 bits per heavy atom. The predicted octanol–water partition coefficient (Wildman–Crippen LogP) is 2.86. The lowest BCUT2D eigenvalue weighted by Gasteiger charge is -2.10. The Morgan fingerprint density at radius 2 is 1.64 bits per heavy atom. The van der Waals surface area contributed by atoms with Crippen molar-refractivity contribution in [2.45, 2.75) is 6.54 Å². The van der Waals surface area contributed by atoms with Gasteiger partial charge in [0, 0.05) is 17.1 Å². The van der Waals surface area contributed by atoms with Crippen LogP contribution in [-0.2, 0) is 16.0 Å². The number of rotatable bonds is 13. The maximum atomic E-state index is 12.9. The van der Waals surface area contributed by atoms with Crippen molar-refractivity contribution in [3.8, 4) is 0 Å². The molecule has 3 aromatic rings. The van der Waals surface area contributed by atoms with E-state index in [1.54, 1.807) is 36.4 Å². The van der Waals surface area contributed by atoms with Gasteiger partial charge in [-0.3, -0.25) is 9.59 Å². The zero-order chi connectivity index (χ0) is 26.1. The van der Waals surface area contributed by atoms with Crippen molar-refractivity contribution < 1.29 is 24.2 Å². The van der Waals surface area contributed by atoms with Gasteiger partial charge in [-0.1, -0.05) is 40.0 Å². The summed E-state index contributed by atoms with van der Waals surface area (Å²) in [6.45, 7) is 1.51. The molecule has 36 heavy (non-hydrogen) atoms. The number of ether oxygens (including phenoxy) is 2. The highest BCUT2D eigenvalue weighted by Crippen LogP contribution is 2.30. The lowest BCUT2D eigenvalue weighted by molar-refractivity contribution is 0.0338. The summed E-state index contributed by atoms with van der Waals surface area (Å²) in [6, 6.07) is 9.56. The van der Waals surface area contributed by atoms with Crippen LogP contribution in [0.1, 0.15) is 32.0 Å². The maximum absolute atomic E-state index is 12.9. The van der Waals surface area contributed by atoms with Gasteiger partial charge in [0.05, 0.1) is 55.2 Å². The van der Waals surface area contributed by atoms with E-state index in [1.165, 1.54) is 4.68 Å². The molecule has 10 nitrogen and oxygen atoms in total. The minimum Gasteiger partial charge on any atom is -0.394 e. The molecular formula is C23H24Cl3N5O5. The van der Waals surface area contributed by atoms with Crippen LogP contribution >= 0.6 is 34.8 Å². The van der Waals surface area contributed by atoms with Crippen LogP contribution in [-0.4, -0.2) is 71.4 Å². The van der Waals surface area contributed by atoms with E-state index in [2.05, 4.69) is 15.6 Å². The highest BCUT2D eigenvalue weighted by Gasteiger charge is 2.20. The van der Waals surface area contributed by atoms with Crippen molar-refractivity contribution >= 4 is 52.3 Å². The van der Waals surface area contributed by atoms with Crippen molar-refractivity contribution in [2.24, 2.45) is 0 Å². The Morgan fingerprint density at radius 1 is 1.00 bits per heavy atom. The minimum absolute atomic E-state index is 0.0343. The molecule has 0 unspecified atom stereocenters. The van der Waals surface area contributed by atoms with Gasteiger partial charge in [-0.2, -0.15) is 0 Å². The van der Waals surface area contributed by atoms with Crippen molar-refractivity contribution in [1.82, 2.24) is 20.3 Å². The molecule has 4 N–H and O–H groups in total. The third kappa shape index (κ3) is 7.39. The smallest absolute Gasteiger partial charge is 0.275 e. The molecule has 0 bridgehead atoms. The van der Waals surface area contributed by atoms with Crippen LogP contribution in [0.3, 0.4) is 0 Å². The van der Waals surface area contributed by atoms with E-state index in [0.717, 1.165) is 0 Å². The third-order valence-corrected chi connectivity index (χ3v) is 5.74. The summed E-state index contributed by atoms with van der Waals surface area (Å²) in [5.41, 5.74) is 7.21. The van der Waals surface area contributed by atoms with Crippen molar-refractivity contribution in [3.05, 3.63) is 73.9 Å². The number of amides is 1. The van der Waals surface area contributed by atoms with Crippen molar-refractivity contribution in [1.29, 1.82) is 0 Å². The average molecular weight is 557 g/mol. The van der Waals surface area contributed by atoms with Crippen molar-refractivity contribution in [2.75, 3.05) is 45.3 Å². The topological polar surface area (TPSA) is 142 Å². The second-order valence-electron chi connectivity index (χ2n) is 7.46. The van der Waals surface area contributed by atoms with Crippen LogP contribution in [0, 0.1) is 0 Å². The predicted molar refractivity (Wildman–Crippen MR) is 136 cm³/mol. The number of anilines is 1. The molecule has 0 aliphatic carbocycles. The number of nitrogens with one attached hydrogen (secondary N) is 1. The first-order valence-corrected chi connectivity index (χ1v) is 12.0. The highest BCUT2D eigenvalue weighted by atomic mass is 35.5. The van der Waals surface area contributed by atoms with E-state index in [1.807, 2.05) is 0 Å². The molecule has 3 rings (SSSR count). The van der Waals surface area contributed by atoms with Crippen LogP contribution in [0.15, 0.2) is 36.4 Å². The van der Waals surface area contributed by atoms with E-state index in [0.29, 0.717) is 29.4 Å². The molecule has 0 radical (unpaired) electrons. The van der Waals surface area contributed by atoms with Gasteiger partial charge in [0.25, 0.3) is 5.91 Å². The Labute approximate surface area is 222 Å². The zero-order valence-electron chi connectivity index (χ0n) is 19.0.